The van der Waals surface area contributed by atoms with Crippen LogP contribution in [0.5, 0.6) is 0 Å². The summed E-state index contributed by atoms with van der Waals surface area (Å²) in [5.41, 5.74) is 4.50. The second-order valence-electron chi connectivity index (χ2n) is 8.77. The van der Waals surface area contributed by atoms with E-state index < -0.39 is 0 Å². The molecular formula is C26H30N2O. The third-order valence-electron chi connectivity index (χ3n) is 5.10. The van der Waals surface area contributed by atoms with Crippen molar-refractivity contribution in [1.29, 1.82) is 0 Å². The highest BCUT2D eigenvalue weighted by Crippen LogP contribution is 2.23. The zero-order chi connectivity index (χ0) is 20.9. The number of rotatable bonds is 6. The van der Waals surface area contributed by atoms with Crippen LogP contribution in [0.2, 0.25) is 0 Å². The quantitative estimate of drug-likeness (QED) is 0.354. The molecule has 3 nitrogen and oxygen atoms in total. The van der Waals surface area contributed by atoms with E-state index in [4.69, 9.17) is 0 Å². The minimum absolute atomic E-state index is 0.173. The second-order valence-corrected chi connectivity index (χ2v) is 8.77. The fraction of sp³-hybridized carbons (Fsp3) is 0.308. The first-order valence-corrected chi connectivity index (χ1v) is 10.2. The molecule has 0 aliphatic carbocycles. The number of benzene rings is 2. The van der Waals surface area contributed by atoms with Crippen molar-refractivity contribution in [2.45, 2.75) is 46.0 Å². The monoisotopic (exact) mass is 386 g/mol. The summed E-state index contributed by atoms with van der Waals surface area (Å²) in [5, 5.41) is 16.8. The van der Waals surface area contributed by atoms with Crippen molar-refractivity contribution in [3.05, 3.63) is 101 Å². The first kappa shape index (κ1) is 20.8. The van der Waals surface area contributed by atoms with Crippen LogP contribution in [0.15, 0.2) is 84.1 Å². The van der Waals surface area contributed by atoms with Gasteiger partial charge in [-0.15, -0.1) is 0 Å². The molecule has 0 aliphatic heterocycles. The third-order valence-corrected chi connectivity index (χ3v) is 5.10. The van der Waals surface area contributed by atoms with Crippen LogP contribution in [0.1, 0.15) is 50.1 Å². The van der Waals surface area contributed by atoms with Crippen molar-refractivity contribution >= 4 is 5.90 Å². The lowest BCUT2D eigenvalue weighted by atomic mass is 9.86. The van der Waals surface area contributed by atoms with E-state index in [-0.39, 0.29) is 11.3 Å². The maximum absolute atomic E-state index is 12.5. The van der Waals surface area contributed by atoms with Crippen LogP contribution in [0.3, 0.4) is 0 Å². The van der Waals surface area contributed by atoms with Gasteiger partial charge in [0.25, 0.3) is 0 Å². The van der Waals surface area contributed by atoms with Gasteiger partial charge in [0.05, 0.1) is 5.90 Å². The summed E-state index contributed by atoms with van der Waals surface area (Å²) in [7, 11) is 0. The van der Waals surface area contributed by atoms with E-state index in [9.17, 15) is 5.11 Å². The highest BCUT2D eigenvalue weighted by Gasteiger charge is 2.16. The van der Waals surface area contributed by atoms with Crippen LogP contribution >= 0.6 is 0 Å². The van der Waals surface area contributed by atoms with Gasteiger partial charge < -0.3 is 5.11 Å². The Morgan fingerprint density at radius 3 is 2.21 bits per heavy atom. The van der Waals surface area contributed by atoms with Crippen LogP contribution < -0.4 is 9.78 Å². The summed E-state index contributed by atoms with van der Waals surface area (Å²) >= 11 is 0. The van der Waals surface area contributed by atoms with Gasteiger partial charge in [-0.2, -0.15) is 0 Å². The smallest absolute Gasteiger partial charge is 0.214 e. The Labute approximate surface area is 174 Å². The fourth-order valence-electron chi connectivity index (χ4n) is 3.44. The molecule has 0 amide bonds. The molecule has 0 radical (unpaired) electrons. The van der Waals surface area contributed by atoms with E-state index in [1.54, 1.807) is 16.8 Å². The molecule has 0 aliphatic rings. The number of hydrogen-bond acceptors (Lipinski definition) is 2. The first-order chi connectivity index (χ1) is 13.8. The van der Waals surface area contributed by atoms with E-state index in [1.807, 2.05) is 42.6 Å². The normalized spacial score (nSPS) is 13.3. The largest absolute Gasteiger partial charge is 0.854 e. The molecule has 150 valence electrons. The molecule has 0 bridgehead atoms. The maximum atomic E-state index is 12.5. The number of nitrogens with zero attached hydrogens (tertiary/aromatic N) is 2. The second kappa shape index (κ2) is 9.04. The Balaban J connectivity index is 1.72. The average Bonchev–Trinajstić information content (AvgIpc) is 2.70. The molecule has 3 heteroatoms. The minimum Gasteiger partial charge on any atom is -0.854 e. The molecule has 0 fully saturated rings. The summed E-state index contributed by atoms with van der Waals surface area (Å²) in [6.45, 7) is 8.95. The van der Waals surface area contributed by atoms with Crippen LogP contribution in [0.25, 0.3) is 0 Å². The van der Waals surface area contributed by atoms with Gasteiger partial charge in [0, 0.05) is 18.6 Å². The van der Waals surface area contributed by atoms with Crippen molar-refractivity contribution in [2.75, 3.05) is 0 Å². The molecule has 1 unspecified atom stereocenters. The van der Waals surface area contributed by atoms with E-state index in [0.29, 0.717) is 11.5 Å². The lowest BCUT2D eigenvalue weighted by Gasteiger charge is -2.19. The van der Waals surface area contributed by atoms with Gasteiger partial charge in [-0.1, -0.05) is 87.0 Å². The number of pyridine rings is 1. The lowest BCUT2D eigenvalue weighted by Crippen LogP contribution is -2.38. The van der Waals surface area contributed by atoms with E-state index in [0.717, 1.165) is 18.5 Å². The van der Waals surface area contributed by atoms with E-state index in [2.05, 4.69) is 57.1 Å². The van der Waals surface area contributed by atoms with Gasteiger partial charge in [0.2, 0.25) is 11.9 Å². The molecule has 3 rings (SSSR count). The summed E-state index contributed by atoms with van der Waals surface area (Å²) in [5.74, 6) is 0.208. The molecule has 0 saturated heterocycles. The first-order valence-electron chi connectivity index (χ1n) is 10.2. The number of aromatic nitrogens is 1. The molecule has 0 saturated carbocycles. The van der Waals surface area contributed by atoms with Crippen molar-refractivity contribution in [2.24, 2.45) is 11.0 Å². The Hall–Kier alpha value is -2.94. The molecular weight excluding hydrogens is 356 g/mol. The van der Waals surface area contributed by atoms with E-state index >= 15 is 0 Å². The Morgan fingerprint density at radius 2 is 1.55 bits per heavy atom. The Kier molecular flexibility index (Phi) is 6.48. The SMILES string of the molecule is CC(Cc1ccc(C(C)(C)C)cc1)Cc1cccc[n+]1/N=C(\[O-])c1ccccc1. The zero-order valence-corrected chi connectivity index (χ0v) is 17.8. The summed E-state index contributed by atoms with van der Waals surface area (Å²) in [6.07, 6.45) is 3.69. The zero-order valence-electron chi connectivity index (χ0n) is 17.8. The summed E-state index contributed by atoms with van der Waals surface area (Å²) in [4.78, 5) is 0. The van der Waals surface area contributed by atoms with Gasteiger partial charge in [0.1, 0.15) is 0 Å². The highest BCUT2D eigenvalue weighted by atomic mass is 16.3. The summed E-state index contributed by atoms with van der Waals surface area (Å²) < 4.78 is 1.72. The fourth-order valence-corrected chi connectivity index (χ4v) is 3.44. The average molecular weight is 387 g/mol. The Morgan fingerprint density at radius 1 is 0.897 bits per heavy atom. The molecule has 1 heterocycles. The predicted molar refractivity (Wildman–Crippen MR) is 117 cm³/mol. The van der Waals surface area contributed by atoms with Gasteiger partial charge in [-0.25, -0.2) is 0 Å². The van der Waals surface area contributed by atoms with Gasteiger partial charge in [0.15, 0.2) is 0 Å². The predicted octanol–water partition coefficient (Wildman–Crippen LogP) is 4.26. The van der Waals surface area contributed by atoms with Crippen LogP contribution in [-0.4, -0.2) is 5.90 Å². The van der Waals surface area contributed by atoms with Crippen LogP contribution in [0.4, 0.5) is 0 Å². The van der Waals surface area contributed by atoms with Crippen molar-refractivity contribution in [3.8, 4) is 0 Å². The summed E-state index contributed by atoms with van der Waals surface area (Å²) in [6, 6.07) is 24.1. The third kappa shape index (κ3) is 5.77. The molecule has 3 aromatic rings. The number of hydrogen-bond donors (Lipinski definition) is 0. The van der Waals surface area contributed by atoms with Crippen molar-refractivity contribution in [1.82, 2.24) is 0 Å². The lowest BCUT2D eigenvalue weighted by molar-refractivity contribution is -0.689. The molecule has 0 N–H and O–H groups in total. The van der Waals surface area contributed by atoms with Crippen molar-refractivity contribution < 1.29 is 9.78 Å². The molecule has 0 spiro atoms. The highest BCUT2D eigenvalue weighted by molar-refractivity contribution is 5.89. The minimum atomic E-state index is -0.228. The van der Waals surface area contributed by atoms with Crippen LogP contribution in [-0.2, 0) is 18.3 Å². The molecule has 29 heavy (non-hydrogen) atoms. The Bertz CT molecular complexity index is 954. The maximum Gasteiger partial charge on any atom is 0.214 e. The molecule has 2 aromatic carbocycles. The van der Waals surface area contributed by atoms with E-state index in [1.165, 1.54) is 11.1 Å². The molecule has 1 aromatic heterocycles. The van der Waals surface area contributed by atoms with Gasteiger partial charge >= 0.3 is 0 Å². The van der Waals surface area contributed by atoms with Gasteiger partial charge in [-0.05, 0) is 45.6 Å². The topological polar surface area (TPSA) is 39.3 Å². The standard InChI is InChI=1S/C26H30N2O/c1-20(18-21-13-15-23(16-14-21)26(2,3)4)19-24-12-8-9-17-28(24)27-25(29)22-10-6-5-7-11-22/h5-17,20H,18-19H2,1-4H3. The van der Waals surface area contributed by atoms with Crippen LogP contribution in [0, 0.1) is 5.92 Å². The van der Waals surface area contributed by atoms with Gasteiger partial charge in [-0.3, -0.25) is 0 Å². The van der Waals surface area contributed by atoms with Crippen molar-refractivity contribution in [3.63, 3.8) is 0 Å². The molecule has 1 atom stereocenters.